The van der Waals surface area contributed by atoms with Crippen LogP contribution >= 0.6 is 11.6 Å². The molecule has 0 amide bonds. The molecule has 16 heavy (non-hydrogen) atoms. The predicted octanol–water partition coefficient (Wildman–Crippen LogP) is 4.47. The molecule has 1 aliphatic carbocycles. The first-order chi connectivity index (χ1) is 7.61. The van der Waals surface area contributed by atoms with Gasteiger partial charge >= 0.3 is 0 Å². The molecule has 1 heterocycles. The summed E-state index contributed by atoms with van der Waals surface area (Å²) in [5, 5.41) is 5.51. The first kappa shape index (κ1) is 12.0. The molecule has 0 N–H and O–H groups in total. The van der Waals surface area contributed by atoms with Crippen molar-refractivity contribution < 1.29 is 0 Å². The molecule has 1 aliphatic rings. The molecule has 0 bridgehead atoms. The van der Waals surface area contributed by atoms with Crippen LogP contribution in [0.15, 0.2) is 0 Å². The molecular weight excluding hydrogens is 220 g/mol. The van der Waals surface area contributed by atoms with Gasteiger partial charge in [0, 0.05) is 5.56 Å². The van der Waals surface area contributed by atoms with Gasteiger partial charge in [-0.25, -0.2) is 0 Å². The lowest BCUT2D eigenvalue weighted by atomic mass is 9.95. The molecule has 3 heteroatoms. The van der Waals surface area contributed by atoms with Crippen LogP contribution in [0.3, 0.4) is 0 Å². The van der Waals surface area contributed by atoms with Gasteiger partial charge in [-0.3, -0.25) is 4.68 Å². The molecule has 1 saturated carbocycles. The van der Waals surface area contributed by atoms with E-state index in [9.17, 15) is 0 Å². The third-order valence-corrected chi connectivity index (χ3v) is 3.95. The van der Waals surface area contributed by atoms with E-state index in [0.29, 0.717) is 12.0 Å². The van der Waals surface area contributed by atoms with Gasteiger partial charge in [0.05, 0.1) is 11.7 Å². The van der Waals surface area contributed by atoms with E-state index < -0.39 is 0 Å². The molecule has 90 valence electrons. The van der Waals surface area contributed by atoms with Crippen LogP contribution in [-0.4, -0.2) is 9.78 Å². The third kappa shape index (κ3) is 2.13. The Hall–Kier alpha value is -0.500. The van der Waals surface area contributed by atoms with Crippen LogP contribution in [0.4, 0.5) is 0 Å². The van der Waals surface area contributed by atoms with E-state index in [2.05, 4.69) is 30.6 Å². The molecule has 0 saturated heterocycles. The van der Waals surface area contributed by atoms with Crippen molar-refractivity contribution >= 4 is 11.6 Å². The third-order valence-electron chi connectivity index (χ3n) is 3.57. The van der Waals surface area contributed by atoms with E-state index in [0.717, 1.165) is 10.8 Å². The maximum absolute atomic E-state index is 6.46. The Bertz CT molecular complexity index is 362. The summed E-state index contributed by atoms with van der Waals surface area (Å²) in [6.07, 6.45) is 6.47. The maximum Gasteiger partial charge on any atom is 0.131 e. The number of hydrogen-bond donors (Lipinski definition) is 0. The van der Waals surface area contributed by atoms with Gasteiger partial charge in [-0.15, -0.1) is 0 Å². The second kappa shape index (κ2) is 4.79. The van der Waals surface area contributed by atoms with Crippen LogP contribution in [0, 0.1) is 6.92 Å². The van der Waals surface area contributed by atoms with Crippen molar-refractivity contribution in [2.24, 2.45) is 0 Å². The molecule has 0 aromatic carbocycles. The van der Waals surface area contributed by atoms with Crippen LogP contribution in [0.1, 0.15) is 69.2 Å². The van der Waals surface area contributed by atoms with Gasteiger partial charge < -0.3 is 0 Å². The summed E-state index contributed by atoms with van der Waals surface area (Å²) in [6, 6.07) is 0.535. The van der Waals surface area contributed by atoms with Gasteiger partial charge in [0.2, 0.25) is 0 Å². The number of nitrogens with zero attached hydrogens (tertiary/aromatic N) is 2. The Morgan fingerprint density at radius 1 is 1.25 bits per heavy atom. The summed E-state index contributed by atoms with van der Waals surface area (Å²) in [4.78, 5) is 0. The summed E-state index contributed by atoms with van der Waals surface area (Å²) < 4.78 is 2.07. The zero-order chi connectivity index (χ0) is 11.7. The number of halogens is 1. The van der Waals surface area contributed by atoms with Crippen molar-refractivity contribution in [1.29, 1.82) is 0 Å². The van der Waals surface area contributed by atoms with E-state index in [1.54, 1.807) is 0 Å². The monoisotopic (exact) mass is 240 g/mol. The Kier molecular flexibility index (Phi) is 3.58. The van der Waals surface area contributed by atoms with Crippen LogP contribution in [0.25, 0.3) is 0 Å². The smallest absolute Gasteiger partial charge is 0.131 e. The predicted molar refractivity (Wildman–Crippen MR) is 68.2 cm³/mol. The minimum absolute atomic E-state index is 0.463. The van der Waals surface area contributed by atoms with Gasteiger partial charge in [-0.05, 0) is 25.7 Å². The highest BCUT2D eigenvalue weighted by Crippen LogP contribution is 2.34. The topological polar surface area (TPSA) is 17.8 Å². The number of aromatic nitrogens is 2. The van der Waals surface area contributed by atoms with Crippen molar-refractivity contribution in [3.05, 3.63) is 16.4 Å². The minimum Gasteiger partial charge on any atom is -0.250 e. The highest BCUT2D eigenvalue weighted by atomic mass is 35.5. The number of rotatable bonds is 2. The molecule has 0 radical (unpaired) electrons. The van der Waals surface area contributed by atoms with Gasteiger partial charge in [0.25, 0.3) is 0 Å². The van der Waals surface area contributed by atoms with Crippen LogP contribution in [0.5, 0.6) is 0 Å². The van der Waals surface area contributed by atoms with Crippen molar-refractivity contribution in [2.75, 3.05) is 0 Å². The summed E-state index contributed by atoms with van der Waals surface area (Å²) in [5.74, 6) is 0.463. The van der Waals surface area contributed by atoms with Crippen molar-refractivity contribution in [3.63, 3.8) is 0 Å². The van der Waals surface area contributed by atoms with Crippen LogP contribution in [-0.2, 0) is 0 Å². The van der Waals surface area contributed by atoms with Gasteiger partial charge in [-0.1, -0.05) is 44.7 Å². The van der Waals surface area contributed by atoms with Crippen LogP contribution in [0.2, 0.25) is 5.15 Å². The lowest BCUT2D eigenvalue weighted by molar-refractivity contribution is 0.329. The van der Waals surface area contributed by atoms with E-state index in [4.69, 9.17) is 11.6 Å². The molecular formula is C13H21ClN2. The molecule has 0 unspecified atom stereocenters. The average Bonchev–Trinajstić information content (AvgIpc) is 2.55. The Morgan fingerprint density at radius 3 is 2.38 bits per heavy atom. The lowest BCUT2D eigenvalue weighted by Crippen LogP contribution is -2.14. The van der Waals surface area contributed by atoms with E-state index >= 15 is 0 Å². The second-order valence-electron chi connectivity index (χ2n) is 5.18. The van der Waals surface area contributed by atoms with Gasteiger partial charge in [-0.2, -0.15) is 5.10 Å². The number of hydrogen-bond acceptors (Lipinski definition) is 1. The van der Waals surface area contributed by atoms with Gasteiger partial charge in [0.15, 0.2) is 0 Å². The highest BCUT2D eigenvalue weighted by molar-refractivity contribution is 6.30. The standard InChI is InChI=1S/C13H21ClN2/c1-9(2)12-10(3)15-16(13(12)14)11-7-5-4-6-8-11/h9,11H,4-8H2,1-3H3. The zero-order valence-corrected chi connectivity index (χ0v) is 11.2. The average molecular weight is 241 g/mol. The normalized spacial score (nSPS) is 18.3. The van der Waals surface area contributed by atoms with Crippen molar-refractivity contribution in [2.45, 2.75) is 64.8 Å². The summed E-state index contributed by atoms with van der Waals surface area (Å²) in [5.41, 5.74) is 2.33. The molecule has 0 spiro atoms. The quantitative estimate of drug-likeness (QED) is 0.746. The van der Waals surface area contributed by atoms with E-state index in [1.807, 2.05) is 0 Å². The van der Waals surface area contributed by atoms with Crippen molar-refractivity contribution in [1.82, 2.24) is 9.78 Å². The molecule has 2 rings (SSSR count). The molecule has 2 nitrogen and oxygen atoms in total. The fraction of sp³-hybridized carbons (Fsp3) is 0.769. The minimum atomic E-state index is 0.463. The Morgan fingerprint density at radius 2 is 1.88 bits per heavy atom. The fourth-order valence-corrected chi connectivity index (χ4v) is 3.29. The van der Waals surface area contributed by atoms with Gasteiger partial charge in [0.1, 0.15) is 5.15 Å². The van der Waals surface area contributed by atoms with Crippen molar-refractivity contribution in [3.8, 4) is 0 Å². The van der Waals surface area contributed by atoms with E-state index in [1.165, 1.54) is 37.7 Å². The summed E-state index contributed by atoms with van der Waals surface area (Å²) >= 11 is 6.46. The highest BCUT2D eigenvalue weighted by Gasteiger charge is 2.22. The Labute approximate surface area is 103 Å². The SMILES string of the molecule is Cc1nn(C2CCCCC2)c(Cl)c1C(C)C. The molecule has 1 aromatic rings. The summed E-state index contributed by atoms with van der Waals surface area (Å²) in [7, 11) is 0. The number of aryl methyl sites for hydroxylation is 1. The fourth-order valence-electron chi connectivity index (χ4n) is 2.76. The molecule has 1 fully saturated rings. The first-order valence-electron chi connectivity index (χ1n) is 6.35. The molecule has 0 aliphatic heterocycles. The lowest BCUT2D eigenvalue weighted by Gasteiger charge is -2.22. The van der Waals surface area contributed by atoms with Crippen LogP contribution < -0.4 is 0 Å². The molecule has 1 aromatic heterocycles. The maximum atomic E-state index is 6.46. The Balaban J connectivity index is 2.30. The summed E-state index contributed by atoms with van der Waals surface area (Å²) in [6.45, 7) is 6.43. The van der Waals surface area contributed by atoms with E-state index in [-0.39, 0.29) is 0 Å². The molecule has 0 atom stereocenters. The largest absolute Gasteiger partial charge is 0.250 e. The zero-order valence-electron chi connectivity index (χ0n) is 10.5. The first-order valence-corrected chi connectivity index (χ1v) is 6.73. The second-order valence-corrected chi connectivity index (χ2v) is 5.54.